The number of aromatic nitrogens is 2. The number of rotatable bonds is 7. The third-order valence-electron chi connectivity index (χ3n) is 5.72. The van der Waals surface area contributed by atoms with E-state index in [1.54, 1.807) is 21.3 Å². The second-order valence-electron chi connectivity index (χ2n) is 7.70. The average Bonchev–Trinajstić information content (AvgIpc) is 3.34. The van der Waals surface area contributed by atoms with Crippen LogP contribution >= 0.6 is 0 Å². The fourth-order valence-electron chi connectivity index (χ4n) is 4.02. The molecule has 1 aromatic heterocycles. The highest BCUT2D eigenvalue weighted by atomic mass is 16.5. The predicted molar refractivity (Wildman–Crippen MR) is 118 cm³/mol. The summed E-state index contributed by atoms with van der Waals surface area (Å²) in [5.74, 6) is 3.08. The summed E-state index contributed by atoms with van der Waals surface area (Å²) in [6.45, 7) is 1.29. The maximum atomic E-state index is 13.0. The number of hydrogen-bond donors (Lipinski definition) is 0. The molecular formula is C24H27N3O5. The molecule has 1 aliphatic heterocycles. The molecule has 0 radical (unpaired) electrons. The zero-order chi connectivity index (χ0) is 22.5. The van der Waals surface area contributed by atoms with Gasteiger partial charge in [-0.2, -0.15) is 4.98 Å². The van der Waals surface area contributed by atoms with Gasteiger partial charge in [0.2, 0.25) is 5.91 Å². The van der Waals surface area contributed by atoms with Gasteiger partial charge in [-0.1, -0.05) is 23.4 Å². The van der Waals surface area contributed by atoms with Crippen molar-refractivity contribution in [3.05, 3.63) is 53.9 Å². The van der Waals surface area contributed by atoms with Gasteiger partial charge in [0, 0.05) is 19.0 Å². The summed E-state index contributed by atoms with van der Waals surface area (Å²) in [4.78, 5) is 19.5. The topological polar surface area (TPSA) is 86.9 Å². The lowest BCUT2D eigenvalue weighted by Crippen LogP contribution is -2.40. The largest absolute Gasteiger partial charge is 0.496 e. The van der Waals surface area contributed by atoms with Crippen molar-refractivity contribution in [2.24, 2.45) is 0 Å². The first-order valence-electron chi connectivity index (χ1n) is 10.6. The Bertz CT molecular complexity index is 1080. The third-order valence-corrected chi connectivity index (χ3v) is 5.72. The van der Waals surface area contributed by atoms with Gasteiger partial charge in [-0.25, -0.2) is 0 Å². The van der Waals surface area contributed by atoms with Crippen molar-refractivity contribution >= 4 is 5.91 Å². The second kappa shape index (κ2) is 9.72. The Labute approximate surface area is 187 Å². The van der Waals surface area contributed by atoms with E-state index in [0.29, 0.717) is 41.9 Å². The molecule has 0 aliphatic carbocycles. The minimum absolute atomic E-state index is 0.0327. The molecular weight excluding hydrogens is 410 g/mol. The number of amides is 1. The van der Waals surface area contributed by atoms with Crippen LogP contribution in [0, 0.1) is 0 Å². The molecule has 1 saturated heterocycles. The van der Waals surface area contributed by atoms with Crippen molar-refractivity contribution in [1.29, 1.82) is 0 Å². The maximum absolute atomic E-state index is 13.0. The lowest BCUT2D eigenvalue weighted by molar-refractivity contribution is -0.131. The Balaban J connectivity index is 1.45. The van der Waals surface area contributed by atoms with Crippen LogP contribution in [0.5, 0.6) is 17.2 Å². The molecule has 0 spiro atoms. The Morgan fingerprint density at radius 2 is 1.84 bits per heavy atom. The molecule has 32 heavy (non-hydrogen) atoms. The van der Waals surface area contributed by atoms with Gasteiger partial charge < -0.3 is 23.6 Å². The highest BCUT2D eigenvalue weighted by Crippen LogP contribution is 2.32. The van der Waals surface area contributed by atoms with Crippen LogP contribution < -0.4 is 14.2 Å². The van der Waals surface area contributed by atoms with Gasteiger partial charge in [-0.05, 0) is 42.7 Å². The summed E-state index contributed by atoms with van der Waals surface area (Å²) >= 11 is 0. The van der Waals surface area contributed by atoms with E-state index in [-0.39, 0.29) is 11.8 Å². The maximum Gasteiger partial charge on any atom is 0.261 e. The summed E-state index contributed by atoms with van der Waals surface area (Å²) in [7, 11) is 4.79. The molecule has 0 bridgehead atoms. The van der Waals surface area contributed by atoms with E-state index in [9.17, 15) is 4.79 Å². The molecule has 8 heteroatoms. The number of para-hydroxylation sites is 1. The number of nitrogens with zero attached hydrogens (tertiary/aromatic N) is 3. The van der Waals surface area contributed by atoms with Gasteiger partial charge in [-0.15, -0.1) is 0 Å². The van der Waals surface area contributed by atoms with E-state index >= 15 is 0 Å². The van der Waals surface area contributed by atoms with Gasteiger partial charge in [0.25, 0.3) is 5.89 Å². The predicted octanol–water partition coefficient (Wildman–Crippen LogP) is 3.71. The number of benzene rings is 2. The number of carbonyl (C=O) groups is 1. The molecule has 0 saturated carbocycles. The monoisotopic (exact) mass is 437 g/mol. The standard InChI is InChI=1S/C24H27N3O5/c1-29-19-9-5-4-8-18(19)24-25-23(26-32-24)17-7-6-12-27(15-17)22(28)14-16-10-11-20(30-2)21(13-16)31-3/h4-5,8-11,13,17H,6-7,12,14-15H2,1-3H3. The van der Waals surface area contributed by atoms with Crippen molar-refractivity contribution in [2.45, 2.75) is 25.2 Å². The van der Waals surface area contributed by atoms with Gasteiger partial charge in [0.1, 0.15) is 5.75 Å². The number of ether oxygens (including phenoxy) is 3. The number of carbonyl (C=O) groups excluding carboxylic acids is 1. The number of likely N-dealkylation sites (tertiary alicyclic amines) is 1. The van der Waals surface area contributed by atoms with Crippen molar-refractivity contribution in [1.82, 2.24) is 15.0 Å². The molecule has 1 fully saturated rings. The Kier molecular flexibility index (Phi) is 6.58. The second-order valence-corrected chi connectivity index (χ2v) is 7.70. The quantitative estimate of drug-likeness (QED) is 0.557. The van der Waals surface area contributed by atoms with Crippen LogP contribution in [0.4, 0.5) is 0 Å². The Hall–Kier alpha value is -3.55. The first kappa shape index (κ1) is 21.7. The van der Waals surface area contributed by atoms with Crippen molar-refractivity contribution in [3.63, 3.8) is 0 Å². The molecule has 168 valence electrons. The molecule has 1 amide bonds. The summed E-state index contributed by atoms with van der Waals surface area (Å²) in [6, 6.07) is 13.1. The third kappa shape index (κ3) is 4.54. The van der Waals surface area contributed by atoms with E-state index in [1.807, 2.05) is 47.4 Å². The van der Waals surface area contributed by atoms with Crippen molar-refractivity contribution in [2.75, 3.05) is 34.4 Å². The van der Waals surface area contributed by atoms with Gasteiger partial charge >= 0.3 is 0 Å². The number of hydrogen-bond acceptors (Lipinski definition) is 7. The van der Waals surface area contributed by atoms with E-state index in [4.69, 9.17) is 18.7 Å². The fourth-order valence-corrected chi connectivity index (χ4v) is 4.02. The van der Waals surface area contributed by atoms with Gasteiger partial charge in [0.05, 0.1) is 33.3 Å². The molecule has 0 N–H and O–H groups in total. The van der Waals surface area contributed by atoms with E-state index in [2.05, 4.69) is 10.1 Å². The molecule has 8 nitrogen and oxygen atoms in total. The van der Waals surface area contributed by atoms with Crippen LogP contribution in [0.25, 0.3) is 11.5 Å². The van der Waals surface area contributed by atoms with Crippen LogP contribution in [0.15, 0.2) is 47.0 Å². The van der Waals surface area contributed by atoms with E-state index in [1.165, 1.54) is 0 Å². The first-order chi connectivity index (χ1) is 15.6. The zero-order valence-electron chi connectivity index (χ0n) is 18.5. The molecule has 3 aromatic rings. The van der Waals surface area contributed by atoms with Gasteiger partial charge in [-0.3, -0.25) is 4.79 Å². The van der Waals surface area contributed by atoms with Crippen LogP contribution in [-0.4, -0.2) is 55.4 Å². The van der Waals surface area contributed by atoms with Crippen LogP contribution in [0.3, 0.4) is 0 Å². The zero-order valence-corrected chi connectivity index (χ0v) is 18.5. The first-order valence-corrected chi connectivity index (χ1v) is 10.6. The molecule has 1 unspecified atom stereocenters. The minimum Gasteiger partial charge on any atom is -0.496 e. The highest BCUT2D eigenvalue weighted by Gasteiger charge is 2.28. The molecule has 2 aromatic carbocycles. The van der Waals surface area contributed by atoms with E-state index < -0.39 is 0 Å². The normalized spacial score (nSPS) is 16.0. The molecule has 4 rings (SSSR count). The minimum atomic E-state index is 0.0327. The van der Waals surface area contributed by atoms with Gasteiger partial charge in [0.15, 0.2) is 17.3 Å². The van der Waals surface area contributed by atoms with Crippen LogP contribution in [-0.2, 0) is 11.2 Å². The average molecular weight is 437 g/mol. The molecule has 2 heterocycles. The fraction of sp³-hybridized carbons (Fsp3) is 0.375. The lowest BCUT2D eigenvalue weighted by atomic mass is 9.96. The van der Waals surface area contributed by atoms with Crippen molar-refractivity contribution < 1.29 is 23.5 Å². The Morgan fingerprint density at radius 1 is 1.06 bits per heavy atom. The molecule has 1 atom stereocenters. The van der Waals surface area contributed by atoms with E-state index in [0.717, 1.165) is 30.5 Å². The summed E-state index contributed by atoms with van der Waals surface area (Å²) < 4.78 is 21.5. The van der Waals surface area contributed by atoms with Crippen LogP contribution in [0.1, 0.15) is 30.1 Å². The Morgan fingerprint density at radius 3 is 2.62 bits per heavy atom. The smallest absolute Gasteiger partial charge is 0.261 e. The number of piperidine rings is 1. The number of methoxy groups -OCH3 is 3. The highest BCUT2D eigenvalue weighted by molar-refractivity contribution is 5.79. The van der Waals surface area contributed by atoms with Crippen molar-refractivity contribution in [3.8, 4) is 28.7 Å². The SMILES string of the molecule is COc1ccc(CC(=O)N2CCCC(c3noc(-c4ccccc4OC)n3)C2)cc1OC. The molecule has 1 aliphatic rings. The lowest BCUT2D eigenvalue weighted by Gasteiger charge is -2.31. The summed E-state index contributed by atoms with van der Waals surface area (Å²) in [6.07, 6.45) is 2.09. The summed E-state index contributed by atoms with van der Waals surface area (Å²) in [5.41, 5.74) is 1.64. The van der Waals surface area contributed by atoms with Crippen LogP contribution in [0.2, 0.25) is 0 Å². The summed E-state index contributed by atoms with van der Waals surface area (Å²) in [5, 5.41) is 4.20.